The Labute approximate surface area is 84.9 Å². The van der Waals surface area contributed by atoms with Crippen LogP contribution in [-0.4, -0.2) is 26.2 Å². The summed E-state index contributed by atoms with van der Waals surface area (Å²) in [5.41, 5.74) is 0.667. The molecule has 0 aliphatic carbocycles. The number of nitrogens with zero attached hydrogens (tertiary/aromatic N) is 3. The molecular formula is C8H9N5O2. The summed E-state index contributed by atoms with van der Waals surface area (Å²) in [5, 5.41) is 12.4. The number of hydrogen-bond acceptors (Lipinski definition) is 5. The number of hydrogen-bond donors (Lipinski definition) is 2. The van der Waals surface area contributed by atoms with Gasteiger partial charge in [-0.3, -0.25) is 9.89 Å². The minimum absolute atomic E-state index is 0.176. The van der Waals surface area contributed by atoms with Crippen LogP contribution in [0.1, 0.15) is 22.1 Å². The van der Waals surface area contributed by atoms with E-state index in [1.807, 2.05) is 0 Å². The monoisotopic (exact) mass is 207 g/mol. The molecule has 2 N–H and O–H groups in total. The first-order valence-electron chi connectivity index (χ1n) is 4.31. The summed E-state index contributed by atoms with van der Waals surface area (Å²) in [6.07, 6.45) is 1.27. The van der Waals surface area contributed by atoms with Crippen LogP contribution in [0.25, 0.3) is 0 Å². The van der Waals surface area contributed by atoms with Gasteiger partial charge in [0.25, 0.3) is 5.91 Å². The fourth-order valence-electron chi connectivity index (χ4n) is 1.07. The van der Waals surface area contributed by atoms with Crippen LogP contribution in [0.15, 0.2) is 16.9 Å². The van der Waals surface area contributed by atoms with Gasteiger partial charge in [-0.2, -0.15) is 5.10 Å². The Morgan fingerprint density at radius 2 is 2.53 bits per heavy atom. The highest BCUT2D eigenvalue weighted by molar-refractivity contribution is 5.90. The minimum Gasteiger partial charge on any atom is -0.361 e. The molecule has 7 nitrogen and oxygen atoms in total. The number of aryl methyl sites for hydroxylation is 1. The summed E-state index contributed by atoms with van der Waals surface area (Å²) < 4.78 is 4.85. The van der Waals surface area contributed by atoms with Crippen molar-refractivity contribution in [2.24, 2.45) is 0 Å². The van der Waals surface area contributed by atoms with E-state index in [-0.39, 0.29) is 11.7 Å². The third-order valence-corrected chi connectivity index (χ3v) is 1.74. The smallest absolute Gasteiger partial charge is 0.288 e. The fraction of sp³-hybridized carbons (Fsp3) is 0.250. The van der Waals surface area contributed by atoms with Crippen molar-refractivity contribution in [2.75, 3.05) is 0 Å². The lowest BCUT2D eigenvalue weighted by molar-refractivity contribution is 0.0940. The van der Waals surface area contributed by atoms with Crippen molar-refractivity contribution in [2.45, 2.75) is 13.5 Å². The summed E-state index contributed by atoms with van der Waals surface area (Å²) in [5.74, 6) is 0.558. The zero-order valence-electron chi connectivity index (χ0n) is 8.02. The molecule has 2 rings (SSSR count). The Morgan fingerprint density at radius 1 is 1.67 bits per heavy atom. The van der Waals surface area contributed by atoms with Gasteiger partial charge in [0.1, 0.15) is 17.8 Å². The maximum absolute atomic E-state index is 11.4. The molecule has 0 bridgehead atoms. The van der Waals surface area contributed by atoms with E-state index in [2.05, 4.69) is 25.7 Å². The fourth-order valence-corrected chi connectivity index (χ4v) is 1.07. The Kier molecular flexibility index (Phi) is 2.44. The molecule has 0 spiro atoms. The predicted molar refractivity (Wildman–Crippen MR) is 48.8 cm³/mol. The van der Waals surface area contributed by atoms with Gasteiger partial charge >= 0.3 is 0 Å². The third-order valence-electron chi connectivity index (χ3n) is 1.74. The van der Waals surface area contributed by atoms with Crippen LogP contribution in [0.5, 0.6) is 0 Å². The first-order valence-corrected chi connectivity index (χ1v) is 4.31. The highest BCUT2D eigenvalue weighted by Gasteiger charge is 2.08. The summed E-state index contributed by atoms with van der Waals surface area (Å²) in [6, 6.07) is 1.75. The lowest BCUT2D eigenvalue weighted by Crippen LogP contribution is -2.24. The van der Waals surface area contributed by atoms with Crippen LogP contribution < -0.4 is 5.32 Å². The SMILES string of the molecule is Cc1cc(CNC(=O)c2ncn[nH]2)no1. The van der Waals surface area contributed by atoms with Gasteiger partial charge in [-0.25, -0.2) is 4.98 Å². The van der Waals surface area contributed by atoms with Crippen molar-refractivity contribution in [3.05, 3.63) is 29.7 Å². The topological polar surface area (TPSA) is 96.7 Å². The Morgan fingerprint density at radius 3 is 3.13 bits per heavy atom. The van der Waals surface area contributed by atoms with E-state index in [0.717, 1.165) is 0 Å². The van der Waals surface area contributed by atoms with Gasteiger partial charge in [0, 0.05) is 6.07 Å². The molecule has 78 valence electrons. The normalized spacial score (nSPS) is 10.2. The predicted octanol–water partition coefficient (Wildman–Crippen LogP) is 0.0311. The molecule has 0 fully saturated rings. The number of aromatic amines is 1. The van der Waals surface area contributed by atoms with Gasteiger partial charge in [-0.05, 0) is 6.92 Å². The molecule has 0 atom stereocenters. The van der Waals surface area contributed by atoms with Gasteiger partial charge < -0.3 is 9.84 Å². The summed E-state index contributed by atoms with van der Waals surface area (Å²) in [6.45, 7) is 2.09. The molecule has 0 saturated heterocycles. The largest absolute Gasteiger partial charge is 0.361 e. The zero-order valence-corrected chi connectivity index (χ0v) is 8.02. The van der Waals surface area contributed by atoms with E-state index in [1.54, 1.807) is 13.0 Å². The number of amides is 1. The Bertz CT molecular complexity index is 447. The second-order valence-electron chi connectivity index (χ2n) is 2.95. The van der Waals surface area contributed by atoms with Crippen molar-refractivity contribution in [1.29, 1.82) is 0 Å². The van der Waals surface area contributed by atoms with Gasteiger partial charge in [-0.1, -0.05) is 5.16 Å². The molecule has 0 radical (unpaired) electrons. The minimum atomic E-state index is -0.326. The van der Waals surface area contributed by atoms with Crippen LogP contribution in [0.3, 0.4) is 0 Å². The highest BCUT2D eigenvalue weighted by Crippen LogP contribution is 2.00. The number of aromatic nitrogens is 4. The quantitative estimate of drug-likeness (QED) is 0.740. The van der Waals surface area contributed by atoms with E-state index in [9.17, 15) is 4.79 Å². The molecule has 2 aromatic rings. The Balaban J connectivity index is 1.91. The van der Waals surface area contributed by atoms with Gasteiger partial charge in [0.15, 0.2) is 0 Å². The molecule has 7 heteroatoms. The molecule has 2 aromatic heterocycles. The van der Waals surface area contributed by atoms with Crippen molar-refractivity contribution in [3.8, 4) is 0 Å². The number of carbonyl (C=O) groups excluding carboxylic acids is 1. The van der Waals surface area contributed by atoms with Crippen LogP contribution in [-0.2, 0) is 6.54 Å². The lowest BCUT2D eigenvalue weighted by atomic mass is 10.4. The number of nitrogens with one attached hydrogen (secondary N) is 2. The number of H-pyrrole nitrogens is 1. The zero-order chi connectivity index (χ0) is 10.7. The maximum atomic E-state index is 11.4. The third kappa shape index (κ3) is 2.19. The van der Waals surface area contributed by atoms with Crippen molar-refractivity contribution in [1.82, 2.24) is 25.7 Å². The lowest BCUT2D eigenvalue weighted by Gasteiger charge is -1.97. The molecule has 0 aliphatic heterocycles. The van der Waals surface area contributed by atoms with Gasteiger partial charge in [0.2, 0.25) is 5.82 Å². The second-order valence-corrected chi connectivity index (χ2v) is 2.95. The van der Waals surface area contributed by atoms with E-state index in [4.69, 9.17) is 4.52 Å². The van der Waals surface area contributed by atoms with Crippen molar-refractivity contribution >= 4 is 5.91 Å². The van der Waals surface area contributed by atoms with Crippen LogP contribution in [0, 0.1) is 6.92 Å². The number of carbonyl (C=O) groups is 1. The van der Waals surface area contributed by atoms with Crippen molar-refractivity contribution < 1.29 is 9.32 Å². The van der Waals surface area contributed by atoms with E-state index < -0.39 is 0 Å². The summed E-state index contributed by atoms with van der Waals surface area (Å²) >= 11 is 0. The molecule has 0 aromatic carbocycles. The molecule has 2 heterocycles. The first kappa shape index (κ1) is 9.38. The van der Waals surface area contributed by atoms with Gasteiger partial charge in [0.05, 0.1) is 6.54 Å². The standard InChI is InChI=1S/C8H9N5O2/c1-5-2-6(13-15-5)3-9-8(14)7-10-4-11-12-7/h2,4H,3H2,1H3,(H,9,14)(H,10,11,12). The van der Waals surface area contributed by atoms with Crippen LogP contribution >= 0.6 is 0 Å². The summed E-state index contributed by atoms with van der Waals surface area (Å²) in [7, 11) is 0. The molecular weight excluding hydrogens is 198 g/mol. The highest BCUT2D eigenvalue weighted by atomic mass is 16.5. The average Bonchev–Trinajstić information content (AvgIpc) is 2.84. The van der Waals surface area contributed by atoms with E-state index in [1.165, 1.54) is 6.33 Å². The molecule has 0 unspecified atom stereocenters. The number of rotatable bonds is 3. The molecule has 15 heavy (non-hydrogen) atoms. The molecule has 0 saturated carbocycles. The van der Waals surface area contributed by atoms with Crippen molar-refractivity contribution in [3.63, 3.8) is 0 Å². The maximum Gasteiger partial charge on any atom is 0.288 e. The van der Waals surface area contributed by atoms with E-state index in [0.29, 0.717) is 18.0 Å². The average molecular weight is 207 g/mol. The Hall–Kier alpha value is -2.18. The second kappa shape index (κ2) is 3.91. The van der Waals surface area contributed by atoms with E-state index >= 15 is 0 Å². The molecule has 0 aliphatic rings. The first-order chi connectivity index (χ1) is 7.25. The summed E-state index contributed by atoms with van der Waals surface area (Å²) in [4.78, 5) is 15.1. The van der Waals surface area contributed by atoms with Gasteiger partial charge in [-0.15, -0.1) is 0 Å². The molecule has 1 amide bonds. The van der Waals surface area contributed by atoms with Crippen LogP contribution in [0.4, 0.5) is 0 Å². The van der Waals surface area contributed by atoms with Crippen LogP contribution in [0.2, 0.25) is 0 Å².